The van der Waals surface area contributed by atoms with Crippen molar-refractivity contribution in [1.29, 1.82) is 0 Å². The third-order valence-corrected chi connectivity index (χ3v) is 7.47. The van der Waals surface area contributed by atoms with E-state index in [1.807, 2.05) is 24.3 Å². The minimum atomic E-state index is -0.0145. The highest BCUT2D eigenvalue weighted by atomic mass is 35.5. The zero-order valence-corrected chi connectivity index (χ0v) is 22.8. The van der Waals surface area contributed by atoms with Crippen LogP contribution in [0.2, 0.25) is 10.0 Å². The Kier molecular flexibility index (Phi) is 5.90. The lowest BCUT2D eigenvalue weighted by atomic mass is 9.78. The van der Waals surface area contributed by atoms with Crippen LogP contribution in [-0.2, 0) is 17.3 Å². The molecule has 2 heteroatoms. The van der Waals surface area contributed by atoms with E-state index in [1.165, 1.54) is 50.1 Å². The SMILES string of the molecule is CC(C)(C)c1cc2c([c]c1-c1ccc(Cl)cc1)Cc1cc(-c3ccc(Cl)cc3)c(C(C)(C)C)cc1-2. The molecule has 4 aromatic carbocycles. The molecule has 0 spiro atoms. The summed E-state index contributed by atoms with van der Waals surface area (Å²) >= 11 is 12.4. The summed E-state index contributed by atoms with van der Waals surface area (Å²) < 4.78 is 0. The van der Waals surface area contributed by atoms with Crippen LogP contribution in [-0.4, -0.2) is 0 Å². The van der Waals surface area contributed by atoms with Crippen LogP contribution in [0, 0.1) is 6.07 Å². The van der Waals surface area contributed by atoms with Crippen molar-refractivity contribution in [2.24, 2.45) is 0 Å². The molecule has 0 N–H and O–H groups in total. The highest BCUT2D eigenvalue weighted by Gasteiger charge is 2.29. The van der Waals surface area contributed by atoms with Crippen LogP contribution >= 0.6 is 23.2 Å². The maximum Gasteiger partial charge on any atom is 0.0406 e. The normalized spacial score (nSPS) is 13.0. The van der Waals surface area contributed by atoms with E-state index in [0.29, 0.717) is 0 Å². The van der Waals surface area contributed by atoms with Crippen molar-refractivity contribution in [1.82, 2.24) is 0 Å². The molecule has 35 heavy (non-hydrogen) atoms. The summed E-state index contributed by atoms with van der Waals surface area (Å²) in [5.41, 5.74) is 12.8. The fourth-order valence-electron chi connectivity index (χ4n) is 5.13. The van der Waals surface area contributed by atoms with Crippen molar-refractivity contribution in [3.8, 4) is 33.4 Å². The Hall–Kier alpha value is -2.54. The molecule has 5 rings (SSSR count). The van der Waals surface area contributed by atoms with Gasteiger partial charge in [-0.25, -0.2) is 0 Å². The molecule has 1 radical (unpaired) electrons. The first-order chi connectivity index (χ1) is 16.4. The number of hydrogen-bond donors (Lipinski definition) is 0. The van der Waals surface area contributed by atoms with Crippen LogP contribution in [0.3, 0.4) is 0 Å². The van der Waals surface area contributed by atoms with E-state index in [2.05, 4.69) is 90.1 Å². The van der Waals surface area contributed by atoms with Gasteiger partial charge in [-0.15, -0.1) is 0 Å². The first-order valence-electron chi connectivity index (χ1n) is 12.2. The van der Waals surface area contributed by atoms with Gasteiger partial charge in [-0.2, -0.15) is 0 Å². The number of halogens is 2. The molecule has 0 heterocycles. The van der Waals surface area contributed by atoms with Crippen LogP contribution < -0.4 is 0 Å². The summed E-state index contributed by atoms with van der Waals surface area (Å²) in [5.74, 6) is 0. The van der Waals surface area contributed by atoms with Crippen LogP contribution in [0.5, 0.6) is 0 Å². The van der Waals surface area contributed by atoms with Gasteiger partial charge in [-0.3, -0.25) is 0 Å². The van der Waals surface area contributed by atoms with Crippen molar-refractivity contribution < 1.29 is 0 Å². The Morgan fingerprint density at radius 1 is 0.600 bits per heavy atom. The van der Waals surface area contributed by atoms with E-state index in [0.717, 1.165) is 22.0 Å². The van der Waals surface area contributed by atoms with Crippen LogP contribution in [0.1, 0.15) is 63.8 Å². The molecule has 0 amide bonds. The van der Waals surface area contributed by atoms with E-state index >= 15 is 0 Å². The summed E-state index contributed by atoms with van der Waals surface area (Å²) in [5, 5.41) is 1.52. The Morgan fingerprint density at radius 3 is 1.66 bits per heavy atom. The van der Waals surface area contributed by atoms with Gasteiger partial charge in [0, 0.05) is 10.0 Å². The van der Waals surface area contributed by atoms with Crippen molar-refractivity contribution in [2.45, 2.75) is 58.8 Å². The third-order valence-electron chi connectivity index (χ3n) is 6.96. The summed E-state index contributed by atoms with van der Waals surface area (Å²) in [7, 11) is 0. The van der Waals surface area contributed by atoms with E-state index in [9.17, 15) is 0 Å². The smallest absolute Gasteiger partial charge is 0.0406 e. The lowest BCUT2D eigenvalue weighted by Gasteiger charge is -2.26. The first kappa shape index (κ1) is 24.2. The average molecular weight is 499 g/mol. The van der Waals surface area contributed by atoms with Gasteiger partial charge in [-0.05, 0) is 121 Å². The van der Waals surface area contributed by atoms with Gasteiger partial charge in [0.15, 0.2) is 0 Å². The lowest BCUT2D eigenvalue weighted by Crippen LogP contribution is -2.14. The van der Waals surface area contributed by atoms with Gasteiger partial charge in [0.1, 0.15) is 0 Å². The standard InChI is InChI=1S/C33H31Cl2/c1-32(2,3)30-18-26-22(16-28(30)20-7-11-24(34)12-8-20)15-23-17-29(21-9-13-25(35)14-10-21)31(19-27(23)26)33(4,5)6/h7-14,16,18-19H,15H2,1-6H3. The van der Waals surface area contributed by atoms with Crippen LogP contribution in [0.4, 0.5) is 0 Å². The zero-order chi connectivity index (χ0) is 25.1. The molecule has 0 bridgehead atoms. The first-order valence-corrected chi connectivity index (χ1v) is 13.0. The number of rotatable bonds is 2. The lowest BCUT2D eigenvalue weighted by molar-refractivity contribution is 0.591. The summed E-state index contributed by atoms with van der Waals surface area (Å²) in [6.07, 6.45) is 0.890. The largest absolute Gasteiger partial charge is 0.0843 e. The third kappa shape index (κ3) is 4.55. The summed E-state index contributed by atoms with van der Waals surface area (Å²) in [4.78, 5) is 0. The van der Waals surface area contributed by atoms with Crippen molar-refractivity contribution in [3.05, 3.63) is 105 Å². The second-order valence-corrected chi connectivity index (χ2v) is 12.6. The van der Waals surface area contributed by atoms with Gasteiger partial charge in [0.2, 0.25) is 0 Å². The fraction of sp³-hybridized carbons (Fsp3) is 0.273. The summed E-state index contributed by atoms with van der Waals surface area (Å²) in [6, 6.07) is 27.4. The minimum absolute atomic E-state index is 0.00652. The predicted octanol–water partition coefficient (Wildman–Crippen LogP) is 10.3. The Bertz CT molecular complexity index is 1300. The van der Waals surface area contributed by atoms with Crippen molar-refractivity contribution in [3.63, 3.8) is 0 Å². The molecular formula is C33H31Cl2. The Labute approximate surface area is 219 Å². The molecule has 1 aliphatic carbocycles. The molecule has 0 unspecified atom stereocenters. The minimum Gasteiger partial charge on any atom is -0.0843 e. The quantitative estimate of drug-likeness (QED) is 0.227. The molecule has 0 aromatic heterocycles. The second kappa shape index (κ2) is 8.54. The van der Waals surface area contributed by atoms with Crippen molar-refractivity contribution in [2.75, 3.05) is 0 Å². The fourth-order valence-corrected chi connectivity index (χ4v) is 5.38. The Balaban J connectivity index is 1.72. The van der Waals surface area contributed by atoms with Crippen LogP contribution in [0.25, 0.3) is 33.4 Å². The molecule has 0 saturated carbocycles. The van der Waals surface area contributed by atoms with Crippen LogP contribution in [0.15, 0.2) is 66.7 Å². The molecule has 0 nitrogen and oxygen atoms in total. The molecule has 4 aromatic rings. The molecular weight excluding hydrogens is 467 g/mol. The summed E-state index contributed by atoms with van der Waals surface area (Å²) in [6.45, 7) is 13.7. The molecule has 177 valence electrons. The average Bonchev–Trinajstić information content (AvgIpc) is 3.14. The molecule has 0 saturated heterocycles. The van der Waals surface area contributed by atoms with E-state index in [-0.39, 0.29) is 10.8 Å². The topological polar surface area (TPSA) is 0 Å². The molecule has 1 aliphatic rings. The predicted molar refractivity (Wildman–Crippen MR) is 152 cm³/mol. The van der Waals surface area contributed by atoms with Gasteiger partial charge < -0.3 is 0 Å². The number of fused-ring (bicyclic) bond motifs is 3. The number of benzene rings is 4. The molecule has 0 atom stereocenters. The van der Waals surface area contributed by atoms with Gasteiger partial charge in [0.25, 0.3) is 0 Å². The highest BCUT2D eigenvalue weighted by molar-refractivity contribution is 6.30. The molecule has 0 aliphatic heterocycles. The maximum absolute atomic E-state index is 6.20. The van der Waals surface area contributed by atoms with Gasteiger partial charge >= 0.3 is 0 Å². The zero-order valence-electron chi connectivity index (χ0n) is 21.3. The van der Waals surface area contributed by atoms with Gasteiger partial charge in [0.05, 0.1) is 0 Å². The highest BCUT2D eigenvalue weighted by Crippen LogP contribution is 2.47. The maximum atomic E-state index is 6.20. The van der Waals surface area contributed by atoms with Crippen molar-refractivity contribution >= 4 is 23.2 Å². The van der Waals surface area contributed by atoms with E-state index < -0.39 is 0 Å². The van der Waals surface area contributed by atoms with Gasteiger partial charge in [-0.1, -0.05) is 89.0 Å². The van der Waals surface area contributed by atoms with E-state index in [4.69, 9.17) is 23.2 Å². The second-order valence-electron chi connectivity index (χ2n) is 11.7. The number of hydrogen-bond acceptors (Lipinski definition) is 0. The monoisotopic (exact) mass is 497 g/mol. The van der Waals surface area contributed by atoms with E-state index in [1.54, 1.807) is 0 Å². The Morgan fingerprint density at radius 2 is 1.11 bits per heavy atom. The molecule has 0 fully saturated rings.